The van der Waals surface area contributed by atoms with Crippen LogP contribution in [0.15, 0.2) is 41.4 Å². The molecule has 0 atom stereocenters. The molecule has 0 unspecified atom stereocenters. The molecule has 0 saturated heterocycles. The molecule has 0 bridgehead atoms. The zero-order chi connectivity index (χ0) is 18.8. The highest BCUT2D eigenvalue weighted by molar-refractivity contribution is 5.78. The highest BCUT2D eigenvalue weighted by Gasteiger charge is 2.35. The molecule has 2 aromatic rings. The summed E-state index contributed by atoms with van der Waals surface area (Å²) >= 11 is 0. The number of aliphatic imine (C=N–C) groups is 1. The third kappa shape index (κ3) is 4.68. The molecule has 0 aliphatic carbocycles. The number of nitrogens with one attached hydrogen (secondary N) is 1. The maximum atomic E-state index is 13.1. The van der Waals surface area contributed by atoms with Crippen LogP contribution in [0.3, 0.4) is 0 Å². The minimum absolute atomic E-state index is 0.185. The maximum absolute atomic E-state index is 13.1. The van der Waals surface area contributed by atoms with Crippen LogP contribution in [0, 0.1) is 11.6 Å². The molecule has 2 aromatic carbocycles. The molecule has 0 aliphatic rings. The van der Waals surface area contributed by atoms with E-state index >= 15 is 0 Å². The highest BCUT2D eigenvalue weighted by Crippen LogP contribution is 2.34. The van der Waals surface area contributed by atoms with Gasteiger partial charge in [0.2, 0.25) is 0 Å². The molecule has 0 amide bonds. The summed E-state index contributed by atoms with van der Waals surface area (Å²) in [7, 11) is 0. The van der Waals surface area contributed by atoms with Crippen molar-refractivity contribution < 1.29 is 35.1 Å². The van der Waals surface area contributed by atoms with E-state index in [0.717, 1.165) is 18.5 Å². The van der Waals surface area contributed by atoms with E-state index < -0.39 is 35.1 Å². The van der Waals surface area contributed by atoms with Gasteiger partial charge in [0.1, 0.15) is 11.6 Å². The number of benzene rings is 2. The Morgan fingerprint density at radius 3 is 1.84 bits per heavy atom. The molecule has 2 rings (SSSR count). The minimum Gasteiger partial charge on any atom is -0.346 e. The topological polar surface area (TPSA) is 24.4 Å². The molecule has 134 valence electrons. The molecule has 1 N–H and O–H groups in total. The van der Waals surface area contributed by atoms with Crippen molar-refractivity contribution in [2.75, 3.05) is 5.32 Å². The van der Waals surface area contributed by atoms with Crippen LogP contribution >= 0.6 is 0 Å². The van der Waals surface area contributed by atoms with E-state index in [-0.39, 0.29) is 11.4 Å². The van der Waals surface area contributed by atoms with Crippen molar-refractivity contribution >= 4 is 17.7 Å². The summed E-state index contributed by atoms with van der Waals surface area (Å²) in [5, 5.41) is 2.27. The first-order valence-corrected chi connectivity index (χ1v) is 6.51. The molecule has 25 heavy (non-hydrogen) atoms. The summed E-state index contributed by atoms with van der Waals surface area (Å²) in [6, 6.07) is 4.01. The van der Waals surface area contributed by atoms with Gasteiger partial charge in [-0.05, 0) is 36.4 Å². The average Bonchev–Trinajstić information content (AvgIpc) is 2.48. The third-order valence-corrected chi connectivity index (χ3v) is 2.97. The van der Waals surface area contributed by atoms with Crippen LogP contribution in [0.1, 0.15) is 11.1 Å². The van der Waals surface area contributed by atoms with Crippen molar-refractivity contribution in [3.05, 3.63) is 59.2 Å². The van der Waals surface area contributed by atoms with E-state index in [0.29, 0.717) is 24.3 Å². The first-order valence-electron chi connectivity index (χ1n) is 6.51. The lowest BCUT2D eigenvalue weighted by Gasteiger charge is -2.10. The lowest BCUT2D eigenvalue weighted by molar-refractivity contribution is -0.140. The Labute approximate surface area is 135 Å². The molecule has 0 spiro atoms. The quantitative estimate of drug-likeness (QED) is 0.415. The molecule has 2 nitrogen and oxygen atoms in total. The number of hydrogen-bond donors (Lipinski definition) is 1. The standard InChI is InChI=1S/C15H8F8N2/c16-12-3-1-8(5-10(12)14(18,19)20)24-7-25-9-2-4-13(17)11(6-9)15(21,22)23/h1-7H,(H,24,25). The first-order chi connectivity index (χ1) is 11.5. The van der Waals surface area contributed by atoms with Gasteiger partial charge in [-0.15, -0.1) is 0 Å². The SMILES string of the molecule is Fc1ccc(N=CNc2ccc(F)c(C(F)(F)F)c2)cc1C(F)(F)F. The van der Waals surface area contributed by atoms with E-state index in [9.17, 15) is 35.1 Å². The molecule has 0 radical (unpaired) electrons. The predicted molar refractivity (Wildman–Crippen MR) is 74.6 cm³/mol. The summed E-state index contributed by atoms with van der Waals surface area (Å²) < 4.78 is 102. The van der Waals surface area contributed by atoms with Crippen LogP contribution in [-0.2, 0) is 12.4 Å². The van der Waals surface area contributed by atoms with Gasteiger partial charge in [-0.1, -0.05) is 0 Å². The molecule has 0 saturated carbocycles. The van der Waals surface area contributed by atoms with Gasteiger partial charge < -0.3 is 5.32 Å². The van der Waals surface area contributed by atoms with Gasteiger partial charge in [-0.3, -0.25) is 0 Å². The van der Waals surface area contributed by atoms with Crippen LogP contribution in [-0.4, -0.2) is 6.34 Å². The van der Waals surface area contributed by atoms with Crippen LogP contribution in [0.4, 0.5) is 46.5 Å². The second kappa shape index (κ2) is 6.69. The van der Waals surface area contributed by atoms with Gasteiger partial charge >= 0.3 is 12.4 Å². The maximum Gasteiger partial charge on any atom is 0.419 e. The number of halogens is 8. The van der Waals surface area contributed by atoms with E-state index in [2.05, 4.69) is 10.3 Å². The second-order valence-electron chi connectivity index (χ2n) is 4.76. The fourth-order valence-electron chi connectivity index (χ4n) is 1.82. The monoisotopic (exact) mass is 368 g/mol. The summed E-state index contributed by atoms with van der Waals surface area (Å²) in [6.45, 7) is 0. The fourth-order valence-corrected chi connectivity index (χ4v) is 1.82. The lowest BCUT2D eigenvalue weighted by Crippen LogP contribution is -2.09. The van der Waals surface area contributed by atoms with E-state index in [4.69, 9.17) is 0 Å². The van der Waals surface area contributed by atoms with Crippen molar-refractivity contribution in [2.45, 2.75) is 12.4 Å². The van der Waals surface area contributed by atoms with Gasteiger partial charge in [0.05, 0.1) is 23.2 Å². The lowest BCUT2D eigenvalue weighted by atomic mass is 10.2. The average molecular weight is 368 g/mol. The van der Waals surface area contributed by atoms with Crippen LogP contribution in [0.25, 0.3) is 0 Å². The van der Waals surface area contributed by atoms with Gasteiger partial charge in [0.15, 0.2) is 0 Å². The van der Waals surface area contributed by atoms with Crippen molar-refractivity contribution in [2.24, 2.45) is 4.99 Å². The zero-order valence-electron chi connectivity index (χ0n) is 12.0. The van der Waals surface area contributed by atoms with Gasteiger partial charge in [-0.2, -0.15) is 26.3 Å². The normalized spacial score (nSPS) is 12.6. The summed E-state index contributed by atoms with van der Waals surface area (Å²) in [5.74, 6) is -2.95. The van der Waals surface area contributed by atoms with Crippen LogP contribution in [0.2, 0.25) is 0 Å². The number of anilines is 1. The summed E-state index contributed by atoms with van der Waals surface area (Å²) in [6.07, 6.45) is -9.01. The number of nitrogens with zero attached hydrogens (tertiary/aromatic N) is 1. The van der Waals surface area contributed by atoms with Gasteiger partial charge in [0.25, 0.3) is 0 Å². The Bertz CT molecular complexity index is 793. The third-order valence-electron chi connectivity index (χ3n) is 2.97. The number of alkyl halides is 6. The van der Waals surface area contributed by atoms with Gasteiger partial charge in [-0.25, -0.2) is 13.8 Å². The molecular formula is C15H8F8N2. The van der Waals surface area contributed by atoms with E-state index in [1.807, 2.05) is 0 Å². The Kier molecular flexibility index (Phi) is 5.00. The van der Waals surface area contributed by atoms with Crippen molar-refractivity contribution in [1.29, 1.82) is 0 Å². The van der Waals surface area contributed by atoms with E-state index in [1.54, 1.807) is 0 Å². The van der Waals surface area contributed by atoms with Crippen molar-refractivity contribution in [3.63, 3.8) is 0 Å². The number of rotatable bonds is 3. The number of hydrogen-bond acceptors (Lipinski definition) is 1. The van der Waals surface area contributed by atoms with Crippen molar-refractivity contribution in [1.82, 2.24) is 0 Å². The minimum atomic E-state index is -4.92. The molecule has 0 aromatic heterocycles. The van der Waals surface area contributed by atoms with Gasteiger partial charge in [0, 0.05) is 5.69 Å². The Balaban J connectivity index is 2.20. The molecule has 0 fully saturated rings. The smallest absolute Gasteiger partial charge is 0.346 e. The Hall–Kier alpha value is -2.65. The second-order valence-corrected chi connectivity index (χ2v) is 4.76. The fraction of sp³-hybridized carbons (Fsp3) is 0.133. The molecule has 0 aliphatic heterocycles. The molecule has 0 heterocycles. The Morgan fingerprint density at radius 1 is 0.760 bits per heavy atom. The summed E-state index contributed by atoms with van der Waals surface area (Å²) in [4.78, 5) is 3.55. The molecular weight excluding hydrogens is 360 g/mol. The van der Waals surface area contributed by atoms with E-state index in [1.165, 1.54) is 0 Å². The molecule has 10 heteroatoms. The largest absolute Gasteiger partial charge is 0.419 e. The van der Waals surface area contributed by atoms with Crippen LogP contribution < -0.4 is 5.32 Å². The Morgan fingerprint density at radius 2 is 1.28 bits per heavy atom. The predicted octanol–water partition coefficient (Wildman–Crippen LogP) is 5.77. The zero-order valence-corrected chi connectivity index (χ0v) is 12.0. The highest BCUT2D eigenvalue weighted by atomic mass is 19.4. The van der Waals surface area contributed by atoms with Crippen molar-refractivity contribution in [3.8, 4) is 0 Å². The summed E-state index contributed by atoms with van der Waals surface area (Å²) in [5.41, 5.74) is -3.50. The first kappa shape index (κ1) is 18.7. The van der Waals surface area contributed by atoms with Crippen LogP contribution in [0.5, 0.6) is 0 Å².